The number of carbonyl (C=O) groups excluding carboxylic acids is 1. The van der Waals surface area contributed by atoms with Crippen LogP contribution in [0.15, 0.2) is 30.5 Å². The van der Waals surface area contributed by atoms with Crippen molar-refractivity contribution in [1.29, 1.82) is 0 Å². The minimum atomic E-state index is -0.0597. The van der Waals surface area contributed by atoms with E-state index >= 15 is 0 Å². The predicted molar refractivity (Wildman–Crippen MR) is 114 cm³/mol. The molecular formula is C21H30N6O. The van der Waals surface area contributed by atoms with Gasteiger partial charge < -0.3 is 20.0 Å². The molecule has 0 bridgehead atoms. The maximum absolute atomic E-state index is 12.7. The number of piperazine rings is 1. The number of anilines is 3. The van der Waals surface area contributed by atoms with Gasteiger partial charge in [-0.1, -0.05) is 19.9 Å². The number of aromatic nitrogens is 2. The molecular weight excluding hydrogens is 352 g/mol. The molecule has 28 heavy (non-hydrogen) atoms. The van der Waals surface area contributed by atoms with Crippen LogP contribution in [0.2, 0.25) is 0 Å². The molecule has 1 aliphatic heterocycles. The van der Waals surface area contributed by atoms with E-state index in [9.17, 15) is 4.79 Å². The first-order valence-corrected chi connectivity index (χ1v) is 9.77. The normalized spacial score (nSPS) is 14.4. The molecule has 1 fully saturated rings. The molecule has 0 aliphatic carbocycles. The van der Waals surface area contributed by atoms with Crippen molar-refractivity contribution in [3.63, 3.8) is 0 Å². The van der Waals surface area contributed by atoms with Gasteiger partial charge in [0.15, 0.2) is 0 Å². The molecule has 1 saturated heterocycles. The average molecular weight is 383 g/mol. The molecule has 1 N–H and O–H groups in total. The number of nitrogens with one attached hydrogen (secondary N) is 1. The summed E-state index contributed by atoms with van der Waals surface area (Å²) in [5.41, 5.74) is 4.07. The van der Waals surface area contributed by atoms with Crippen LogP contribution >= 0.6 is 0 Å². The number of hydrogen-bond acceptors (Lipinski definition) is 5. The van der Waals surface area contributed by atoms with Crippen LogP contribution in [-0.4, -0.2) is 61.2 Å². The molecule has 1 aromatic carbocycles. The quantitative estimate of drug-likeness (QED) is 0.879. The molecule has 1 aromatic heterocycles. The Hall–Kier alpha value is -2.83. The molecule has 7 heteroatoms. The Balaban J connectivity index is 1.62. The van der Waals surface area contributed by atoms with Crippen LogP contribution in [0.25, 0.3) is 0 Å². The van der Waals surface area contributed by atoms with E-state index in [0.717, 1.165) is 41.7 Å². The lowest BCUT2D eigenvalue weighted by atomic mass is 10.1. The van der Waals surface area contributed by atoms with E-state index in [1.807, 2.05) is 50.3 Å². The summed E-state index contributed by atoms with van der Waals surface area (Å²) < 4.78 is 0. The Morgan fingerprint density at radius 3 is 2.50 bits per heavy atom. The van der Waals surface area contributed by atoms with Crippen molar-refractivity contribution < 1.29 is 4.79 Å². The molecule has 0 radical (unpaired) electrons. The highest BCUT2D eigenvalue weighted by atomic mass is 16.2. The van der Waals surface area contributed by atoms with Crippen LogP contribution in [0, 0.1) is 6.92 Å². The van der Waals surface area contributed by atoms with Crippen molar-refractivity contribution in [2.45, 2.75) is 26.7 Å². The first-order valence-electron chi connectivity index (χ1n) is 9.77. The van der Waals surface area contributed by atoms with Gasteiger partial charge in [0, 0.05) is 63.5 Å². The summed E-state index contributed by atoms with van der Waals surface area (Å²) in [7, 11) is 4.01. The molecule has 2 amide bonds. The molecule has 3 rings (SSSR count). The van der Waals surface area contributed by atoms with Gasteiger partial charge in [-0.3, -0.25) is 0 Å². The van der Waals surface area contributed by atoms with Gasteiger partial charge in [-0.25, -0.2) is 14.8 Å². The van der Waals surface area contributed by atoms with Crippen molar-refractivity contribution in [1.82, 2.24) is 14.9 Å². The summed E-state index contributed by atoms with van der Waals surface area (Å²) >= 11 is 0. The lowest BCUT2D eigenvalue weighted by molar-refractivity contribution is 0.208. The van der Waals surface area contributed by atoms with Crippen LogP contribution in [0.4, 0.5) is 22.1 Å². The van der Waals surface area contributed by atoms with Gasteiger partial charge >= 0.3 is 6.03 Å². The number of hydrogen-bond donors (Lipinski definition) is 1. The predicted octanol–water partition coefficient (Wildman–Crippen LogP) is 3.33. The van der Waals surface area contributed by atoms with E-state index in [1.165, 1.54) is 0 Å². The zero-order valence-corrected chi connectivity index (χ0v) is 17.4. The van der Waals surface area contributed by atoms with Gasteiger partial charge in [-0.15, -0.1) is 0 Å². The summed E-state index contributed by atoms with van der Waals surface area (Å²) in [6.45, 7) is 9.03. The Morgan fingerprint density at radius 1 is 1.14 bits per heavy atom. The summed E-state index contributed by atoms with van der Waals surface area (Å²) in [5, 5.41) is 3.06. The number of nitrogens with zero attached hydrogens (tertiary/aromatic N) is 5. The van der Waals surface area contributed by atoms with Crippen LogP contribution in [0.5, 0.6) is 0 Å². The molecule has 7 nitrogen and oxygen atoms in total. The number of rotatable bonds is 4. The van der Waals surface area contributed by atoms with Crippen molar-refractivity contribution in [3.8, 4) is 0 Å². The van der Waals surface area contributed by atoms with Crippen molar-refractivity contribution >= 4 is 23.4 Å². The Kier molecular flexibility index (Phi) is 6.02. The molecule has 0 spiro atoms. The molecule has 2 heterocycles. The standard InChI is InChI=1S/C21H30N6O/c1-15(2)17-9-10-22-20(23-17)26-11-13-27(14-12-26)21(28)24-18-7-6-8-19(16(18)3)25(4)5/h6-10,15H,11-14H2,1-5H3,(H,24,28). The second kappa shape index (κ2) is 8.46. The monoisotopic (exact) mass is 382 g/mol. The first kappa shape index (κ1) is 19.9. The van der Waals surface area contributed by atoms with E-state index in [-0.39, 0.29) is 6.03 Å². The zero-order valence-electron chi connectivity index (χ0n) is 17.4. The number of carbonyl (C=O) groups is 1. The maximum Gasteiger partial charge on any atom is 0.321 e. The lowest BCUT2D eigenvalue weighted by Crippen LogP contribution is -2.50. The second-order valence-electron chi connectivity index (χ2n) is 7.68. The largest absolute Gasteiger partial charge is 0.377 e. The Bertz CT molecular complexity index is 827. The lowest BCUT2D eigenvalue weighted by Gasteiger charge is -2.35. The van der Waals surface area contributed by atoms with E-state index < -0.39 is 0 Å². The smallest absolute Gasteiger partial charge is 0.321 e. The third-order valence-electron chi connectivity index (χ3n) is 5.13. The minimum absolute atomic E-state index is 0.0597. The first-order chi connectivity index (χ1) is 13.4. The van der Waals surface area contributed by atoms with Crippen molar-refractivity contribution in [2.75, 3.05) is 55.4 Å². The molecule has 2 aromatic rings. The molecule has 0 saturated carbocycles. The third kappa shape index (κ3) is 4.35. The fraction of sp³-hybridized carbons (Fsp3) is 0.476. The molecule has 0 atom stereocenters. The fourth-order valence-electron chi connectivity index (χ4n) is 3.38. The highest BCUT2D eigenvalue weighted by Crippen LogP contribution is 2.25. The molecule has 0 unspecified atom stereocenters. The van der Waals surface area contributed by atoms with E-state index in [4.69, 9.17) is 0 Å². The number of amides is 2. The van der Waals surface area contributed by atoms with Crippen LogP contribution in [-0.2, 0) is 0 Å². The van der Waals surface area contributed by atoms with E-state index in [2.05, 4.69) is 45.0 Å². The summed E-state index contributed by atoms with van der Waals surface area (Å²) in [6.07, 6.45) is 1.82. The zero-order chi connectivity index (χ0) is 20.3. The fourth-order valence-corrected chi connectivity index (χ4v) is 3.38. The van der Waals surface area contributed by atoms with E-state index in [0.29, 0.717) is 19.0 Å². The summed E-state index contributed by atoms with van der Waals surface area (Å²) in [6, 6.07) is 7.86. The SMILES string of the molecule is Cc1c(NC(=O)N2CCN(c3nccc(C(C)C)n3)CC2)cccc1N(C)C. The number of benzene rings is 1. The van der Waals surface area contributed by atoms with Gasteiger partial charge in [0.05, 0.1) is 0 Å². The summed E-state index contributed by atoms with van der Waals surface area (Å²) in [4.78, 5) is 27.9. The van der Waals surface area contributed by atoms with Gasteiger partial charge in [0.1, 0.15) is 0 Å². The van der Waals surface area contributed by atoms with Crippen LogP contribution in [0.1, 0.15) is 31.0 Å². The maximum atomic E-state index is 12.7. The van der Waals surface area contributed by atoms with Gasteiger partial charge in [0.25, 0.3) is 0 Å². The molecule has 1 aliphatic rings. The Morgan fingerprint density at radius 2 is 1.86 bits per heavy atom. The molecule has 150 valence electrons. The van der Waals surface area contributed by atoms with Gasteiger partial charge in [-0.2, -0.15) is 0 Å². The van der Waals surface area contributed by atoms with Crippen molar-refractivity contribution in [3.05, 3.63) is 41.7 Å². The summed E-state index contributed by atoms with van der Waals surface area (Å²) in [5.74, 6) is 1.12. The van der Waals surface area contributed by atoms with Gasteiger partial charge in [-0.05, 0) is 36.6 Å². The van der Waals surface area contributed by atoms with Crippen molar-refractivity contribution in [2.24, 2.45) is 0 Å². The minimum Gasteiger partial charge on any atom is -0.377 e. The van der Waals surface area contributed by atoms with E-state index in [1.54, 1.807) is 0 Å². The second-order valence-corrected chi connectivity index (χ2v) is 7.68. The van der Waals surface area contributed by atoms with Crippen LogP contribution in [0.3, 0.4) is 0 Å². The highest BCUT2D eigenvalue weighted by molar-refractivity contribution is 5.91. The topological polar surface area (TPSA) is 64.6 Å². The number of urea groups is 1. The van der Waals surface area contributed by atoms with Crippen LogP contribution < -0.4 is 15.1 Å². The van der Waals surface area contributed by atoms with Gasteiger partial charge in [0.2, 0.25) is 5.95 Å². The highest BCUT2D eigenvalue weighted by Gasteiger charge is 2.23. The third-order valence-corrected chi connectivity index (χ3v) is 5.13. The Labute approximate surface area is 167 Å². The average Bonchev–Trinajstić information content (AvgIpc) is 2.69.